The zero-order valence-electron chi connectivity index (χ0n) is 12.1. The van der Waals surface area contributed by atoms with E-state index < -0.39 is 5.60 Å². The molecule has 6 heteroatoms. The van der Waals surface area contributed by atoms with Crippen molar-refractivity contribution < 1.29 is 9.53 Å². The first kappa shape index (κ1) is 13.1. The number of aromatic nitrogens is 2. The van der Waals surface area contributed by atoms with Crippen LogP contribution in [-0.4, -0.2) is 34.2 Å². The molecule has 1 aromatic heterocycles. The van der Waals surface area contributed by atoms with E-state index in [1.807, 2.05) is 13.8 Å². The molecule has 0 radical (unpaired) electrons. The monoisotopic (exact) mass is 276 g/mol. The van der Waals surface area contributed by atoms with Crippen molar-refractivity contribution in [3.63, 3.8) is 0 Å². The molecule has 1 amide bonds. The smallest absolute Gasteiger partial charge is 0.416 e. The first-order valence-corrected chi connectivity index (χ1v) is 7.05. The molecule has 0 bridgehead atoms. The van der Waals surface area contributed by atoms with Crippen LogP contribution in [0.5, 0.6) is 0 Å². The summed E-state index contributed by atoms with van der Waals surface area (Å²) in [5, 5.41) is 3.30. The van der Waals surface area contributed by atoms with E-state index in [9.17, 15) is 4.79 Å². The van der Waals surface area contributed by atoms with Gasteiger partial charge in [-0.1, -0.05) is 0 Å². The van der Waals surface area contributed by atoms with Gasteiger partial charge in [-0.2, -0.15) is 4.98 Å². The van der Waals surface area contributed by atoms with Crippen molar-refractivity contribution in [3.05, 3.63) is 12.3 Å². The Morgan fingerprint density at radius 1 is 1.50 bits per heavy atom. The average molecular weight is 276 g/mol. The summed E-state index contributed by atoms with van der Waals surface area (Å²) in [5.41, 5.74) is -0.475. The van der Waals surface area contributed by atoms with Crippen LogP contribution in [0.25, 0.3) is 0 Å². The summed E-state index contributed by atoms with van der Waals surface area (Å²) in [4.78, 5) is 22.1. The van der Waals surface area contributed by atoms with Gasteiger partial charge in [0.2, 0.25) is 5.95 Å². The molecule has 1 aliphatic heterocycles. The van der Waals surface area contributed by atoms with Gasteiger partial charge < -0.3 is 10.1 Å². The molecule has 1 aromatic rings. The fourth-order valence-electron chi connectivity index (χ4n) is 2.43. The molecule has 1 saturated heterocycles. The fraction of sp³-hybridized carbons (Fsp3) is 0.643. The van der Waals surface area contributed by atoms with Crippen molar-refractivity contribution in [2.45, 2.75) is 45.3 Å². The van der Waals surface area contributed by atoms with Gasteiger partial charge in [-0.3, -0.25) is 4.90 Å². The number of nitrogens with zero attached hydrogens (tertiary/aromatic N) is 3. The number of hydrogen-bond donors (Lipinski definition) is 1. The first-order valence-electron chi connectivity index (χ1n) is 7.05. The summed E-state index contributed by atoms with van der Waals surface area (Å²) in [6.45, 7) is 6.42. The van der Waals surface area contributed by atoms with E-state index in [-0.39, 0.29) is 6.09 Å². The lowest BCUT2D eigenvalue weighted by molar-refractivity contribution is 0.0871. The molecular weight excluding hydrogens is 256 g/mol. The maximum absolute atomic E-state index is 11.9. The van der Waals surface area contributed by atoms with Crippen LogP contribution in [0, 0.1) is 5.92 Å². The van der Waals surface area contributed by atoms with Gasteiger partial charge in [-0.15, -0.1) is 0 Å². The maximum Gasteiger partial charge on any atom is 0.416 e. The van der Waals surface area contributed by atoms with Gasteiger partial charge in [0.1, 0.15) is 11.4 Å². The highest BCUT2D eigenvalue weighted by molar-refractivity contribution is 5.89. The van der Waals surface area contributed by atoms with Crippen LogP contribution in [0.3, 0.4) is 0 Å². The minimum Gasteiger partial charge on any atom is -0.441 e. The Bertz CT molecular complexity index is 528. The second-order valence-electron chi connectivity index (χ2n) is 6.22. The number of cyclic esters (lactones) is 1. The lowest BCUT2D eigenvalue weighted by Gasteiger charge is -2.16. The normalized spacial score (nSPS) is 22.6. The third kappa shape index (κ3) is 2.69. The standard InChI is InChI=1S/C14H20N4O2/c1-9(10-4-5-10)16-12-15-7-6-11(17-12)18-8-14(2,3)20-13(18)19/h6-7,9-10H,4-5,8H2,1-3H3,(H,15,16,17)/t9-/m0/s1. The Balaban J connectivity index is 1.75. The number of rotatable bonds is 4. The summed E-state index contributed by atoms with van der Waals surface area (Å²) < 4.78 is 5.29. The highest BCUT2D eigenvalue weighted by Crippen LogP contribution is 2.33. The molecule has 0 spiro atoms. The highest BCUT2D eigenvalue weighted by atomic mass is 16.6. The predicted molar refractivity (Wildman–Crippen MR) is 75.7 cm³/mol. The summed E-state index contributed by atoms with van der Waals surface area (Å²) in [5.74, 6) is 1.87. The van der Waals surface area contributed by atoms with Gasteiger partial charge in [-0.05, 0) is 45.6 Å². The molecule has 2 fully saturated rings. The molecule has 6 nitrogen and oxygen atoms in total. The Labute approximate surface area is 118 Å². The predicted octanol–water partition coefficient (Wildman–Crippen LogP) is 2.42. The Morgan fingerprint density at radius 3 is 2.85 bits per heavy atom. The van der Waals surface area contributed by atoms with Crippen LogP contribution in [-0.2, 0) is 4.74 Å². The van der Waals surface area contributed by atoms with Crippen molar-refractivity contribution in [3.8, 4) is 0 Å². The van der Waals surface area contributed by atoms with Crippen LogP contribution in [0.1, 0.15) is 33.6 Å². The number of anilines is 2. The molecule has 1 saturated carbocycles. The zero-order valence-corrected chi connectivity index (χ0v) is 12.1. The average Bonchev–Trinajstić information content (AvgIpc) is 3.16. The van der Waals surface area contributed by atoms with E-state index in [1.165, 1.54) is 12.8 Å². The molecule has 20 heavy (non-hydrogen) atoms. The highest BCUT2D eigenvalue weighted by Gasteiger charge is 2.39. The van der Waals surface area contributed by atoms with Crippen molar-refractivity contribution in [2.24, 2.45) is 5.92 Å². The summed E-state index contributed by atoms with van der Waals surface area (Å²) in [7, 11) is 0. The molecule has 1 atom stereocenters. The molecule has 1 aliphatic carbocycles. The molecule has 0 aromatic carbocycles. The van der Waals surface area contributed by atoms with Gasteiger partial charge >= 0.3 is 6.09 Å². The maximum atomic E-state index is 11.9. The lowest BCUT2D eigenvalue weighted by atomic mass is 10.1. The molecule has 2 aliphatic rings. The van der Waals surface area contributed by atoms with E-state index in [0.717, 1.165) is 5.92 Å². The van der Waals surface area contributed by atoms with Crippen LogP contribution < -0.4 is 10.2 Å². The number of carbonyl (C=O) groups excluding carboxylic acids is 1. The van der Waals surface area contributed by atoms with Crippen LogP contribution in [0.4, 0.5) is 16.6 Å². The SMILES string of the molecule is C[C@H](Nc1nccc(N2CC(C)(C)OC2=O)n1)C1CC1. The number of amides is 1. The van der Waals surface area contributed by atoms with Gasteiger partial charge in [-0.25, -0.2) is 9.78 Å². The Morgan fingerprint density at radius 2 is 2.25 bits per heavy atom. The van der Waals surface area contributed by atoms with E-state index in [2.05, 4.69) is 22.2 Å². The largest absolute Gasteiger partial charge is 0.441 e. The van der Waals surface area contributed by atoms with E-state index in [0.29, 0.717) is 24.4 Å². The molecular formula is C14H20N4O2. The minimum atomic E-state index is -0.475. The van der Waals surface area contributed by atoms with E-state index in [1.54, 1.807) is 17.2 Å². The molecule has 108 valence electrons. The summed E-state index contributed by atoms with van der Waals surface area (Å²) in [6.07, 6.45) is 3.85. The van der Waals surface area contributed by atoms with Crippen LogP contribution in [0.15, 0.2) is 12.3 Å². The Kier molecular flexibility index (Phi) is 3.03. The topological polar surface area (TPSA) is 67.3 Å². The van der Waals surface area contributed by atoms with Crippen molar-refractivity contribution in [1.29, 1.82) is 0 Å². The fourth-order valence-corrected chi connectivity index (χ4v) is 2.43. The zero-order chi connectivity index (χ0) is 14.3. The third-order valence-electron chi connectivity index (χ3n) is 3.73. The van der Waals surface area contributed by atoms with Gasteiger partial charge in [0.15, 0.2) is 0 Å². The lowest BCUT2D eigenvalue weighted by Crippen LogP contribution is -2.29. The number of carbonyl (C=O) groups is 1. The van der Waals surface area contributed by atoms with Gasteiger partial charge in [0.25, 0.3) is 0 Å². The molecule has 1 N–H and O–H groups in total. The third-order valence-corrected chi connectivity index (χ3v) is 3.73. The van der Waals surface area contributed by atoms with E-state index >= 15 is 0 Å². The number of hydrogen-bond acceptors (Lipinski definition) is 5. The van der Waals surface area contributed by atoms with Crippen molar-refractivity contribution >= 4 is 17.9 Å². The van der Waals surface area contributed by atoms with Crippen LogP contribution in [0.2, 0.25) is 0 Å². The molecule has 2 heterocycles. The molecule has 0 unspecified atom stereocenters. The number of nitrogens with one attached hydrogen (secondary N) is 1. The summed E-state index contributed by atoms with van der Waals surface area (Å²) in [6, 6.07) is 2.10. The molecule has 3 rings (SSSR count). The second kappa shape index (κ2) is 4.61. The first-order chi connectivity index (χ1) is 9.44. The van der Waals surface area contributed by atoms with Crippen molar-refractivity contribution in [1.82, 2.24) is 9.97 Å². The van der Waals surface area contributed by atoms with Crippen LogP contribution >= 0.6 is 0 Å². The summed E-state index contributed by atoms with van der Waals surface area (Å²) >= 11 is 0. The second-order valence-corrected chi connectivity index (χ2v) is 6.22. The quantitative estimate of drug-likeness (QED) is 0.914. The van der Waals surface area contributed by atoms with E-state index in [4.69, 9.17) is 4.74 Å². The van der Waals surface area contributed by atoms with Gasteiger partial charge in [0.05, 0.1) is 6.54 Å². The van der Waals surface area contributed by atoms with Gasteiger partial charge in [0, 0.05) is 12.2 Å². The minimum absolute atomic E-state index is 0.352. The number of ether oxygens (including phenoxy) is 1. The Hall–Kier alpha value is -1.85. The van der Waals surface area contributed by atoms with Crippen molar-refractivity contribution in [2.75, 3.05) is 16.8 Å².